The molecular weight excluding hydrogens is 422 g/mol. The van der Waals surface area contributed by atoms with E-state index in [1.54, 1.807) is 0 Å². The molecule has 0 spiro atoms. The van der Waals surface area contributed by atoms with Crippen molar-refractivity contribution in [3.8, 4) is 0 Å². The van der Waals surface area contributed by atoms with E-state index in [-0.39, 0.29) is 11.7 Å². The zero-order valence-electron chi connectivity index (χ0n) is 16.8. The van der Waals surface area contributed by atoms with Gasteiger partial charge in [-0.05, 0) is 47.2 Å². The van der Waals surface area contributed by atoms with Crippen LogP contribution >= 0.6 is 22.7 Å². The number of dihydropyridines is 1. The van der Waals surface area contributed by atoms with Gasteiger partial charge in [0.1, 0.15) is 5.92 Å². The third kappa shape index (κ3) is 3.30. The summed E-state index contributed by atoms with van der Waals surface area (Å²) in [5.74, 6) is -3.20. The van der Waals surface area contributed by atoms with Crippen LogP contribution in [0.3, 0.4) is 0 Å². The van der Waals surface area contributed by atoms with Crippen LogP contribution < -0.4 is 5.32 Å². The Morgan fingerprint density at radius 2 is 1.97 bits per heavy atom. The number of Topliss-reactive ketones (excluding diaryl/α,β-unsaturated/α-hetero) is 1. The number of allylic oxidation sites excluding steroid dienone is 3. The maximum Gasteiger partial charge on any atom is 0.336 e. The summed E-state index contributed by atoms with van der Waals surface area (Å²) in [5, 5.41) is 9.02. The lowest BCUT2D eigenvalue weighted by Crippen LogP contribution is -2.43. The largest absolute Gasteiger partial charge is 0.468 e. The normalized spacial score (nSPS) is 23.7. The summed E-state index contributed by atoms with van der Waals surface area (Å²) < 4.78 is 10.0. The van der Waals surface area contributed by atoms with Crippen molar-refractivity contribution < 1.29 is 23.9 Å². The number of methoxy groups -OCH3 is 2. The average molecular weight is 444 g/mol. The van der Waals surface area contributed by atoms with Crippen molar-refractivity contribution in [2.24, 2.45) is 5.92 Å². The van der Waals surface area contributed by atoms with E-state index in [0.717, 1.165) is 16.1 Å². The Balaban J connectivity index is 1.88. The highest BCUT2D eigenvalue weighted by atomic mass is 32.1. The predicted octanol–water partition coefficient (Wildman–Crippen LogP) is 3.74. The molecule has 3 atom stereocenters. The van der Waals surface area contributed by atoms with Crippen LogP contribution in [0.2, 0.25) is 0 Å². The zero-order chi connectivity index (χ0) is 21.4. The number of hydrogen-bond acceptors (Lipinski definition) is 8. The van der Waals surface area contributed by atoms with Gasteiger partial charge in [-0.3, -0.25) is 9.59 Å². The molecule has 1 aliphatic carbocycles. The van der Waals surface area contributed by atoms with Gasteiger partial charge in [0, 0.05) is 33.7 Å². The SMILES string of the molecule is COC(=O)C1=C(C)NC2=C(C(=O)[C@@H](C(=O)OC)[C@@H](c3cccs3)C2)[C@H]1c1ccsc1. The molecule has 0 saturated heterocycles. The van der Waals surface area contributed by atoms with Gasteiger partial charge in [0.2, 0.25) is 0 Å². The molecule has 0 saturated carbocycles. The minimum atomic E-state index is -0.951. The van der Waals surface area contributed by atoms with Gasteiger partial charge in [0.15, 0.2) is 5.78 Å². The van der Waals surface area contributed by atoms with E-state index >= 15 is 0 Å². The molecule has 0 aromatic carbocycles. The summed E-state index contributed by atoms with van der Waals surface area (Å²) in [7, 11) is 2.62. The van der Waals surface area contributed by atoms with Crippen LogP contribution in [0.4, 0.5) is 0 Å². The Labute approximate surface area is 182 Å². The van der Waals surface area contributed by atoms with Crippen LogP contribution in [-0.2, 0) is 23.9 Å². The maximum absolute atomic E-state index is 13.8. The number of rotatable bonds is 4. The highest BCUT2D eigenvalue weighted by molar-refractivity contribution is 7.10. The molecule has 0 bridgehead atoms. The van der Waals surface area contributed by atoms with Gasteiger partial charge in [-0.15, -0.1) is 11.3 Å². The van der Waals surface area contributed by atoms with Crippen molar-refractivity contribution in [3.05, 3.63) is 67.3 Å². The van der Waals surface area contributed by atoms with Gasteiger partial charge in [0.05, 0.1) is 19.8 Å². The molecule has 3 heterocycles. The van der Waals surface area contributed by atoms with Crippen molar-refractivity contribution in [2.75, 3.05) is 14.2 Å². The van der Waals surface area contributed by atoms with E-state index in [0.29, 0.717) is 23.3 Å². The molecule has 0 fully saturated rings. The second-order valence-electron chi connectivity index (χ2n) is 7.23. The van der Waals surface area contributed by atoms with Crippen LogP contribution in [0, 0.1) is 5.92 Å². The molecule has 4 rings (SSSR count). The highest BCUT2D eigenvalue weighted by Gasteiger charge is 2.49. The van der Waals surface area contributed by atoms with Crippen LogP contribution in [0.1, 0.15) is 35.6 Å². The molecule has 1 aliphatic heterocycles. The highest BCUT2D eigenvalue weighted by Crippen LogP contribution is 2.48. The number of nitrogens with one attached hydrogen (secondary N) is 1. The van der Waals surface area contributed by atoms with Gasteiger partial charge < -0.3 is 14.8 Å². The van der Waals surface area contributed by atoms with Gasteiger partial charge in [-0.1, -0.05) is 6.07 Å². The first-order valence-corrected chi connectivity index (χ1v) is 11.3. The third-order valence-corrected chi connectivity index (χ3v) is 7.37. The molecular formula is C22H21NO5S2. The lowest BCUT2D eigenvalue weighted by atomic mass is 9.68. The van der Waals surface area contributed by atoms with E-state index in [9.17, 15) is 14.4 Å². The summed E-state index contributed by atoms with van der Waals surface area (Å²) in [5.41, 5.74) is 3.08. The van der Waals surface area contributed by atoms with Crippen LogP contribution in [-0.4, -0.2) is 31.9 Å². The van der Waals surface area contributed by atoms with E-state index < -0.39 is 23.8 Å². The monoisotopic (exact) mass is 443 g/mol. The number of thiophene rings is 2. The van der Waals surface area contributed by atoms with E-state index in [1.165, 1.54) is 36.9 Å². The fraction of sp³-hybridized carbons (Fsp3) is 0.318. The Hall–Kier alpha value is -2.71. The van der Waals surface area contributed by atoms with Gasteiger partial charge in [-0.2, -0.15) is 11.3 Å². The minimum absolute atomic E-state index is 0.306. The molecule has 2 aromatic rings. The second-order valence-corrected chi connectivity index (χ2v) is 8.99. The Bertz CT molecular complexity index is 1050. The molecule has 6 nitrogen and oxygen atoms in total. The van der Waals surface area contributed by atoms with Crippen LogP contribution in [0.25, 0.3) is 0 Å². The molecule has 156 valence electrons. The number of ketones is 1. The standard InChI is InChI=1S/C22H21NO5S2/c1-11-16(21(25)27-2)17(12-6-8-29-10-12)19-14(23-11)9-13(15-5-4-7-30-15)18(20(19)24)22(26)28-3/h4-8,10,13,17-18,23H,9H2,1-3H3/t13-,17+,18+/m1/s1. The first-order chi connectivity index (χ1) is 14.5. The molecule has 1 N–H and O–H groups in total. The summed E-state index contributed by atoms with van der Waals surface area (Å²) in [4.78, 5) is 40.1. The van der Waals surface area contributed by atoms with Gasteiger partial charge >= 0.3 is 11.9 Å². The summed E-state index contributed by atoms with van der Waals surface area (Å²) in [6.45, 7) is 1.81. The van der Waals surface area contributed by atoms with Crippen molar-refractivity contribution in [1.29, 1.82) is 0 Å². The van der Waals surface area contributed by atoms with Crippen molar-refractivity contribution in [3.63, 3.8) is 0 Å². The van der Waals surface area contributed by atoms with E-state index in [1.807, 2.05) is 41.3 Å². The maximum atomic E-state index is 13.8. The third-order valence-electron chi connectivity index (χ3n) is 5.66. The minimum Gasteiger partial charge on any atom is -0.468 e. The quantitative estimate of drug-likeness (QED) is 0.573. The topological polar surface area (TPSA) is 81.7 Å². The van der Waals surface area contributed by atoms with Crippen LogP contribution in [0.5, 0.6) is 0 Å². The Kier molecular flexibility index (Phi) is 5.62. The average Bonchev–Trinajstić information content (AvgIpc) is 3.45. The van der Waals surface area contributed by atoms with Crippen molar-refractivity contribution in [1.82, 2.24) is 5.32 Å². The molecule has 0 unspecified atom stereocenters. The number of ether oxygens (including phenoxy) is 2. The number of esters is 2. The fourth-order valence-corrected chi connectivity index (χ4v) is 5.91. The van der Waals surface area contributed by atoms with Gasteiger partial charge in [0.25, 0.3) is 0 Å². The van der Waals surface area contributed by atoms with Crippen LogP contribution in [0.15, 0.2) is 56.9 Å². The first kappa shape index (κ1) is 20.6. The van der Waals surface area contributed by atoms with Crippen molar-refractivity contribution >= 4 is 40.4 Å². The molecule has 0 radical (unpaired) electrons. The van der Waals surface area contributed by atoms with E-state index in [4.69, 9.17) is 9.47 Å². The second kappa shape index (κ2) is 8.20. The molecule has 2 aromatic heterocycles. The lowest BCUT2D eigenvalue weighted by molar-refractivity contribution is -0.149. The fourth-order valence-electron chi connectivity index (χ4n) is 4.35. The first-order valence-electron chi connectivity index (χ1n) is 9.44. The smallest absolute Gasteiger partial charge is 0.336 e. The van der Waals surface area contributed by atoms with Gasteiger partial charge in [-0.25, -0.2) is 4.79 Å². The summed E-state index contributed by atoms with van der Waals surface area (Å²) in [6.07, 6.45) is 0.480. The number of carbonyl (C=O) groups excluding carboxylic acids is 3. The number of carbonyl (C=O) groups is 3. The van der Waals surface area contributed by atoms with E-state index in [2.05, 4.69) is 5.32 Å². The molecule has 30 heavy (non-hydrogen) atoms. The number of hydrogen-bond donors (Lipinski definition) is 1. The summed E-state index contributed by atoms with van der Waals surface area (Å²) in [6, 6.07) is 5.74. The molecule has 0 amide bonds. The Morgan fingerprint density at radius 1 is 1.17 bits per heavy atom. The molecule has 2 aliphatic rings. The molecule has 8 heteroatoms. The lowest BCUT2D eigenvalue weighted by Gasteiger charge is -2.38. The summed E-state index contributed by atoms with van der Waals surface area (Å²) >= 11 is 3.00. The predicted molar refractivity (Wildman–Crippen MR) is 114 cm³/mol. The van der Waals surface area contributed by atoms with Crippen molar-refractivity contribution in [2.45, 2.75) is 25.2 Å². The zero-order valence-corrected chi connectivity index (χ0v) is 18.4. The Morgan fingerprint density at radius 3 is 2.57 bits per heavy atom.